The van der Waals surface area contributed by atoms with Crippen LogP contribution in [0.25, 0.3) is 11.3 Å². The number of amides is 1. The number of nitrogens with zero attached hydrogens (tertiary/aromatic N) is 4. The lowest BCUT2D eigenvalue weighted by Crippen LogP contribution is -2.51. The van der Waals surface area contributed by atoms with E-state index in [0.717, 1.165) is 131 Å². The number of aromatic nitrogens is 3. The third-order valence-electron chi connectivity index (χ3n) is 11.5. The summed E-state index contributed by atoms with van der Waals surface area (Å²) in [5, 5.41) is 4.35. The first-order valence-electron chi connectivity index (χ1n) is 16.9. The summed E-state index contributed by atoms with van der Waals surface area (Å²) >= 11 is 0. The number of rotatable bonds is 8. The van der Waals surface area contributed by atoms with Gasteiger partial charge in [0.25, 0.3) is 0 Å². The number of anilines is 1. The van der Waals surface area contributed by atoms with Gasteiger partial charge in [0.15, 0.2) is 17.5 Å². The van der Waals surface area contributed by atoms with E-state index in [1.54, 1.807) is 0 Å². The highest BCUT2D eigenvalue weighted by Crippen LogP contribution is 2.58. The normalized spacial score (nSPS) is 28.3. The van der Waals surface area contributed by atoms with Crippen molar-refractivity contribution >= 4 is 11.6 Å². The number of oxazole rings is 1. The highest BCUT2D eigenvalue weighted by molar-refractivity contribution is 5.95. The number of carbonyl (C=O) groups excluding carboxylic acids is 1. The molecular weight excluding hydrogens is 540 g/mol. The van der Waals surface area contributed by atoms with Gasteiger partial charge >= 0.3 is 0 Å². The highest BCUT2D eigenvalue weighted by atomic mass is 16.5. The van der Waals surface area contributed by atoms with Crippen molar-refractivity contribution in [2.75, 3.05) is 24.7 Å². The van der Waals surface area contributed by atoms with Crippen LogP contribution >= 0.6 is 0 Å². The number of hydrogen-bond donors (Lipinski definition) is 0. The number of ether oxygens (including phenoxy) is 1. The molecule has 9 rings (SSSR count). The lowest BCUT2D eigenvalue weighted by molar-refractivity contribution is -0.124. The third-order valence-corrected chi connectivity index (χ3v) is 11.5. The number of hydrogen-bond acceptors (Lipinski definition) is 7. The van der Waals surface area contributed by atoms with E-state index >= 15 is 0 Å². The molecule has 1 saturated heterocycles. The molecule has 5 aliphatic carbocycles. The van der Waals surface area contributed by atoms with Crippen LogP contribution in [0.3, 0.4) is 0 Å². The maximum atomic E-state index is 14.3. The van der Waals surface area contributed by atoms with E-state index < -0.39 is 0 Å². The molecule has 2 aromatic heterocycles. The van der Waals surface area contributed by atoms with Gasteiger partial charge < -0.3 is 18.6 Å². The largest absolute Gasteiger partial charge is 0.440 e. The average Bonchev–Trinajstić information content (AvgIpc) is 3.58. The predicted molar refractivity (Wildman–Crippen MR) is 162 cm³/mol. The van der Waals surface area contributed by atoms with E-state index in [2.05, 4.69) is 39.3 Å². The molecule has 2 bridgehead atoms. The summed E-state index contributed by atoms with van der Waals surface area (Å²) in [7, 11) is 0. The first-order chi connectivity index (χ1) is 21.1. The van der Waals surface area contributed by atoms with Crippen molar-refractivity contribution in [1.29, 1.82) is 0 Å². The molecule has 0 atom stereocenters. The summed E-state index contributed by atoms with van der Waals surface area (Å²) in [6.45, 7) is 2.30. The molecule has 0 N–H and O–H groups in total. The second kappa shape index (κ2) is 11.2. The summed E-state index contributed by atoms with van der Waals surface area (Å²) in [6, 6.07) is 8.42. The molecule has 5 saturated carbocycles. The Kier molecular flexibility index (Phi) is 7.16. The van der Waals surface area contributed by atoms with Crippen LogP contribution < -0.4 is 4.90 Å². The number of benzene rings is 1. The van der Waals surface area contributed by atoms with Crippen LogP contribution in [0.5, 0.6) is 0 Å². The van der Waals surface area contributed by atoms with Gasteiger partial charge in [0.1, 0.15) is 0 Å². The van der Waals surface area contributed by atoms with Gasteiger partial charge in [-0.25, -0.2) is 4.98 Å². The van der Waals surface area contributed by atoms with Crippen LogP contribution in [0.15, 0.2) is 39.4 Å². The third kappa shape index (κ3) is 5.34. The second-order valence-electron chi connectivity index (χ2n) is 14.3. The second-order valence-corrected chi connectivity index (χ2v) is 14.3. The zero-order valence-electron chi connectivity index (χ0n) is 25.3. The van der Waals surface area contributed by atoms with Crippen molar-refractivity contribution in [3.05, 3.63) is 48.1 Å². The van der Waals surface area contributed by atoms with E-state index in [9.17, 15) is 4.79 Å². The van der Waals surface area contributed by atoms with Crippen molar-refractivity contribution in [2.45, 2.75) is 114 Å². The van der Waals surface area contributed by atoms with Crippen LogP contribution in [0.1, 0.15) is 126 Å². The Morgan fingerprint density at radius 1 is 0.907 bits per heavy atom. The van der Waals surface area contributed by atoms with Gasteiger partial charge in [-0.1, -0.05) is 36.6 Å². The minimum absolute atomic E-state index is 0.0223. The van der Waals surface area contributed by atoms with Crippen molar-refractivity contribution in [3.63, 3.8) is 0 Å². The zero-order valence-corrected chi connectivity index (χ0v) is 25.3. The Labute approximate surface area is 254 Å². The van der Waals surface area contributed by atoms with Gasteiger partial charge in [0.05, 0.1) is 6.20 Å². The Morgan fingerprint density at radius 2 is 1.67 bits per heavy atom. The number of fused-ring (bicyclic) bond motifs is 3. The molecule has 8 heteroatoms. The molecule has 6 fully saturated rings. The molecule has 0 unspecified atom stereocenters. The molecule has 3 heterocycles. The fourth-order valence-corrected chi connectivity index (χ4v) is 8.36. The maximum Gasteiger partial charge on any atom is 0.232 e. The van der Waals surface area contributed by atoms with Crippen LogP contribution in [-0.4, -0.2) is 40.8 Å². The van der Waals surface area contributed by atoms with E-state index in [1.165, 1.54) is 19.3 Å². The van der Waals surface area contributed by atoms with E-state index in [4.69, 9.17) is 18.7 Å². The molecule has 43 heavy (non-hydrogen) atoms. The van der Waals surface area contributed by atoms with Crippen molar-refractivity contribution < 1.29 is 18.5 Å². The molecule has 6 aliphatic rings. The predicted octanol–water partition coefficient (Wildman–Crippen LogP) is 7.70. The lowest BCUT2D eigenvalue weighted by atomic mass is 9.53. The van der Waals surface area contributed by atoms with Gasteiger partial charge in [0.2, 0.25) is 11.8 Å². The summed E-state index contributed by atoms with van der Waals surface area (Å²) in [4.78, 5) is 26.0. The SMILES string of the molecule is O=C(C1CCCCC1)N(CC12CCC(c3nc(C4CC4)no3)(CC1)CC2)c1cccc(-c2cnc(C3CCOCC3)o2)c1. The quantitative estimate of drug-likeness (QED) is 0.268. The van der Waals surface area contributed by atoms with E-state index in [1.807, 2.05) is 6.20 Å². The first kappa shape index (κ1) is 27.5. The summed E-state index contributed by atoms with van der Waals surface area (Å²) in [5.74, 6) is 4.62. The zero-order chi connectivity index (χ0) is 28.9. The van der Waals surface area contributed by atoms with Crippen LogP contribution in [-0.2, 0) is 14.9 Å². The van der Waals surface area contributed by atoms with Crippen LogP contribution in [0.2, 0.25) is 0 Å². The number of carbonyl (C=O) groups is 1. The summed E-state index contributed by atoms with van der Waals surface area (Å²) < 4.78 is 17.7. The fraction of sp³-hybridized carbons (Fsp3) is 0.657. The first-order valence-corrected chi connectivity index (χ1v) is 16.9. The molecule has 0 spiro atoms. The molecule has 1 aromatic carbocycles. The molecule has 1 amide bonds. The van der Waals surface area contributed by atoms with E-state index in [0.29, 0.717) is 17.7 Å². The van der Waals surface area contributed by atoms with Crippen molar-refractivity contribution in [3.8, 4) is 11.3 Å². The van der Waals surface area contributed by atoms with Gasteiger partial charge in [-0.05, 0) is 94.6 Å². The maximum absolute atomic E-state index is 14.3. The molecule has 0 radical (unpaired) electrons. The molecule has 3 aromatic rings. The molecule has 1 aliphatic heterocycles. The standard InChI is InChI=1S/C35H44N4O4/c40-32(26-5-2-1-3-6-26)39(28-8-4-7-27(21-28)29-22-36-31(42-29)25-11-19-41-20-12-25)23-34-13-16-35(17-14-34,18-15-34)33-37-30(38-43-33)24-9-10-24/h4,7-8,21-22,24-26H,1-3,5-6,9-20,23H2. The monoisotopic (exact) mass is 584 g/mol. The van der Waals surface area contributed by atoms with Gasteiger partial charge in [-0.15, -0.1) is 0 Å². The minimum Gasteiger partial charge on any atom is -0.440 e. The van der Waals surface area contributed by atoms with Crippen LogP contribution in [0.4, 0.5) is 5.69 Å². The Bertz CT molecular complexity index is 1420. The highest BCUT2D eigenvalue weighted by Gasteiger charge is 2.53. The Hall–Kier alpha value is -3.00. The van der Waals surface area contributed by atoms with Crippen LogP contribution in [0, 0.1) is 11.3 Å². The average molecular weight is 585 g/mol. The summed E-state index contributed by atoms with van der Waals surface area (Å²) in [5.41, 5.74) is 2.12. The molecule has 228 valence electrons. The molecular formula is C35H44N4O4. The van der Waals surface area contributed by atoms with E-state index in [-0.39, 0.29) is 16.7 Å². The van der Waals surface area contributed by atoms with Gasteiger partial charge in [-0.2, -0.15) is 4.98 Å². The molecule has 8 nitrogen and oxygen atoms in total. The Morgan fingerprint density at radius 3 is 2.42 bits per heavy atom. The van der Waals surface area contributed by atoms with Crippen molar-refractivity contribution in [2.24, 2.45) is 11.3 Å². The smallest absolute Gasteiger partial charge is 0.232 e. The topological polar surface area (TPSA) is 94.5 Å². The minimum atomic E-state index is 0.0223. The lowest BCUT2D eigenvalue weighted by Gasteiger charge is -2.53. The fourth-order valence-electron chi connectivity index (χ4n) is 8.36. The Balaban J connectivity index is 1.04. The van der Waals surface area contributed by atoms with Gasteiger partial charge in [0, 0.05) is 54.2 Å². The van der Waals surface area contributed by atoms with Gasteiger partial charge in [-0.3, -0.25) is 4.79 Å². The summed E-state index contributed by atoms with van der Waals surface area (Å²) in [6.07, 6.45) is 18.2. The van der Waals surface area contributed by atoms with Crippen molar-refractivity contribution in [1.82, 2.24) is 15.1 Å².